The van der Waals surface area contributed by atoms with Crippen LogP contribution in [0.5, 0.6) is 0 Å². The summed E-state index contributed by atoms with van der Waals surface area (Å²) in [5.41, 5.74) is 4.19. The minimum atomic E-state index is -3.84. The Balaban J connectivity index is 1.56. The number of fused-ring (bicyclic) bond motifs is 1. The molecule has 0 saturated carbocycles. The molecule has 6 heteroatoms. The zero-order valence-electron chi connectivity index (χ0n) is 18.2. The molecule has 3 aromatic rings. The monoisotopic (exact) mass is 448 g/mol. The molecule has 0 saturated heterocycles. The van der Waals surface area contributed by atoms with Crippen molar-refractivity contribution in [2.45, 2.75) is 43.7 Å². The molecule has 0 aromatic heterocycles. The summed E-state index contributed by atoms with van der Waals surface area (Å²) in [6.45, 7) is 1.81. The number of carbonyl (C=O) groups excluding carboxylic acids is 1. The number of amides is 1. The van der Waals surface area contributed by atoms with Gasteiger partial charge in [0.05, 0.1) is 17.5 Å². The molecule has 32 heavy (non-hydrogen) atoms. The summed E-state index contributed by atoms with van der Waals surface area (Å²) >= 11 is 0. The number of carbonyl (C=O) groups is 1. The Morgan fingerprint density at radius 3 is 2.41 bits per heavy atom. The third-order valence-corrected chi connectivity index (χ3v) is 7.69. The van der Waals surface area contributed by atoms with Crippen molar-refractivity contribution in [3.63, 3.8) is 0 Å². The van der Waals surface area contributed by atoms with Gasteiger partial charge in [-0.3, -0.25) is 4.79 Å². The lowest BCUT2D eigenvalue weighted by atomic mass is 9.88. The fourth-order valence-corrected chi connectivity index (χ4v) is 5.56. The predicted molar refractivity (Wildman–Crippen MR) is 125 cm³/mol. The van der Waals surface area contributed by atoms with Crippen LogP contribution in [-0.4, -0.2) is 25.2 Å². The molecule has 1 amide bonds. The molecule has 1 aliphatic carbocycles. The Morgan fingerprint density at radius 2 is 1.66 bits per heavy atom. The van der Waals surface area contributed by atoms with Gasteiger partial charge in [-0.1, -0.05) is 72.3 Å². The van der Waals surface area contributed by atoms with Crippen LogP contribution in [0.4, 0.5) is 0 Å². The van der Waals surface area contributed by atoms with Crippen molar-refractivity contribution in [3.05, 3.63) is 101 Å². The molecule has 4 rings (SSSR count). The van der Waals surface area contributed by atoms with Crippen LogP contribution in [0.15, 0.2) is 83.8 Å². The normalized spacial score (nSPS) is 15.9. The second kappa shape index (κ2) is 9.67. The number of hydrogen-bond donors (Lipinski definition) is 1. The van der Waals surface area contributed by atoms with Crippen molar-refractivity contribution < 1.29 is 13.2 Å². The van der Waals surface area contributed by atoms with Gasteiger partial charge >= 0.3 is 0 Å². The number of nitrogens with zero attached hydrogens (tertiary/aromatic N) is 1. The molecule has 1 aliphatic rings. The second-order valence-electron chi connectivity index (χ2n) is 8.28. The van der Waals surface area contributed by atoms with E-state index in [-0.39, 0.29) is 29.9 Å². The fraction of sp³-hybridized carbons (Fsp3) is 0.269. The number of aryl methyl sites for hydroxylation is 2. The number of benzene rings is 3. The molecule has 0 fully saturated rings. The lowest BCUT2D eigenvalue weighted by molar-refractivity contribution is -0.122. The van der Waals surface area contributed by atoms with Crippen molar-refractivity contribution in [2.75, 3.05) is 6.54 Å². The van der Waals surface area contributed by atoms with Gasteiger partial charge in [0.15, 0.2) is 0 Å². The van der Waals surface area contributed by atoms with Crippen LogP contribution in [0.25, 0.3) is 0 Å². The Hall–Kier alpha value is -2.96. The fourth-order valence-electron chi connectivity index (χ4n) is 4.18. The third-order valence-electron chi connectivity index (χ3n) is 5.89. The molecular weight excluding hydrogens is 420 g/mol. The molecule has 5 nitrogen and oxygen atoms in total. The molecule has 166 valence electrons. The van der Waals surface area contributed by atoms with Crippen LogP contribution in [0.1, 0.15) is 41.1 Å². The molecule has 0 spiro atoms. The first kappa shape index (κ1) is 22.2. The number of nitrogens with one attached hydrogen (secondary N) is 1. The molecule has 0 bridgehead atoms. The first-order valence-corrected chi connectivity index (χ1v) is 12.4. The Kier molecular flexibility index (Phi) is 6.72. The van der Waals surface area contributed by atoms with Gasteiger partial charge in [0.2, 0.25) is 15.9 Å². The molecule has 3 aromatic carbocycles. The lowest BCUT2D eigenvalue weighted by Crippen LogP contribution is -2.42. The van der Waals surface area contributed by atoms with Crippen molar-refractivity contribution in [1.29, 1.82) is 0 Å². The summed E-state index contributed by atoms with van der Waals surface area (Å²) in [5, 5.41) is 3.08. The van der Waals surface area contributed by atoms with Gasteiger partial charge in [0.1, 0.15) is 0 Å². The molecule has 0 radical (unpaired) electrons. The Bertz CT molecular complexity index is 1180. The number of rotatable bonds is 7. The van der Waals surface area contributed by atoms with Gasteiger partial charge in [-0.05, 0) is 55.0 Å². The van der Waals surface area contributed by atoms with E-state index in [0.717, 1.165) is 36.0 Å². The van der Waals surface area contributed by atoms with Crippen molar-refractivity contribution in [3.8, 4) is 0 Å². The highest BCUT2D eigenvalue weighted by Crippen LogP contribution is 2.29. The summed E-state index contributed by atoms with van der Waals surface area (Å²) in [7, 11) is -3.84. The molecule has 1 atom stereocenters. The minimum absolute atomic E-state index is 0.0897. The van der Waals surface area contributed by atoms with E-state index < -0.39 is 10.0 Å². The lowest BCUT2D eigenvalue weighted by Gasteiger charge is -2.28. The van der Waals surface area contributed by atoms with Crippen molar-refractivity contribution in [2.24, 2.45) is 0 Å². The van der Waals surface area contributed by atoms with Crippen LogP contribution < -0.4 is 5.32 Å². The van der Waals surface area contributed by atoms with Crippen LogP contribution in [0.2, 0.25) is 0 Å². The molecule has 1 N–H and O–H groups in total. The van der Waals surface area contributed by atoms with E-state index in [1.54, 1.807) is 24.3 Å². The maximum absolute atomic E-state index is 13.4. The maximum atomic E-state index is 13.4. The van der Waals surface area contributed by atoms with Crippen LogP contribution in [0.3, 0.4) is 0 Å². The Labute approximate surface area is 190 Å². The zero-order chi connectivity index (χ0) is 22.6. The van der Waals surface area contributed by atoms with Gasteiger partial charge in [-0.2, -0.15) is 4.31 Å². The second-order valence-corrected chi connectivity index (χ2v) is 10.2. The first-order valence-electron chi connectivity index (χ1n) is 10.9. The topological polar surface area (TPSA) is 66.5 Å². The van der Waals surface area contributed by atoms with Gasteiger partial charge in [-0.25, -0.2) is 8.42 Å². The van der Waals surface area contributed by atoms with Crippen LogP contribution in [0, 0.1) is 6.92 Å². The van der Waals surface area contributed by atoms with Gasteiger partial charge < -0.3 is 5.32 Å². The summed E-state index contributed by atoms with van der Waals surface area (Å²) in [6, 6.07) is 24.1. The maximum Gasteiger partial charge on any atom is 0.243 e. The van der Waals surface area contributed by atoms with Gasteiger partial charge in [0.25, 0.3) is 0 Å². The number of sulfonamides is 1. The van der Waals surface area contributed by atoms with E-state index in [4.69, 9.17) is 0 Å². The highest BCUT2D eigenvalue weighted by Gasteiger charge is 2.28. The minimum Gasteiger partial charge on any atom is -0.348 e. The van der Waals surface area contributed by atoms with E-state index in [9.17, 15) is 13.2 Å². The van der Waals surface area contributed by atoms with E-state index >= 15 is 0 Å². The Morgan fingerprint density at radius 1 is 0.969 bits per heavy atom. The smallest absolute Gasteiger partial charge is 0.243 e. The predicted octanol–water partition coefficient (Wildman–Crippen LogP) is 4.38. The highest BCUT2D eigenvalue weighted by molar-refractivity contribution is 7.89. The molecule has 0 aliphatic heterocycles. The molecule has 0 heterocycles. The summed E-state index contributed by atoms with van der Waals surface area (Å²) in [4.78, 5) is 13.2. The average Bonchev–Trinajstić information content (AvgIpc) is 2.80. The standard InChI is InChI=1S/C26H28N2O3S/c1-20-14-16-23(17-15-20)32(30,31)28(18-21-8-3-2-4-9-21)19-26(29)27-25-13-7-11-22-10-5-6-12-24(22)25/h2-6,8-10,12,14-17,25H,7,11,13,18-19H2,1H3,(H,27,29)/t25-/m1/s1. The quantitative estimate of drug-likeness (QED) is 0.583. The average molecular weight is 449 g/mol. The van der Waals surface area contributed by atoms with Crippen molar-refractivity contribution in [1.82, 2.24) is 9.62 Å². The van der Waals surface area contributed by atoms with E-state index in [1.807, 2.05) is 55.5 Å². The molecular formula is C26H28N2O3S. The van der Waals surface area contributed by atoms with Crippen LogP contribution in [-0.2, 0) is 27.8 Å². The largest absolute Gasteiger partial charge is 0.348 e. The SMILES string of the molecule is Cc1ccc(S(=O)(=O)N(CC(=O)N[C@@H]2CCCc3ccccc32)Cc2ccccc2)cc1. The summed E-state index contributed by atoms with van der Waals surface area (Å²) in [6.07, 6.45) is 2.86. The van der Waals surface area contributed by atoms with E-state index in [0.29, 0.717) is 0 Å². The van der Waals surface area contributed by atoms with E-state index in [2.05, 4.69) is 11.4 Å². The number of hydrogen-bond acceptors (Lipinski definition) is 3. The van der Waals surface area contributed by atoms with Gasteiger partial charge in [-0.15, -0.1) is 0 Å². The summed E-state index contributed by atoms with van der Waals surface area (Å²) < 4.78 is 28.1. The summed E-state index contributed by atoms with van der Waals surface area (Å²) in [5.74, 6) is -0.293. The first-order chi connectivity index (χ1) is 15.4. The zero-order valence-corrected chi connectivity index (χ0v) is 19.0. The van der Waals surface area contributed by atoms with E-state index in [1.165, 1.54) is 9.87 Å². The van der Waals surface area contributed by atoms with Gasteiger partial charge in [0, 0.05) is 6.54 Å². The highest BCUT2D eigenvalue weighted by atomic mass is 32.2. The van der Waals surface area contributed by atoms with Crippen LogP contribution >= 0.6 is 0 Å². The molecule has 0 unspecified atom stereocenters. The third kappa shape index (κ3) is 5.09. The van der Waals surface area contributed by atoms with Crippen molar-refractivity contribution >= 4 is 15.9 Å².